The predicted octanol–water partition coefficient (Wildman–Crippen LogP) is 1.86. The van der Waals surface area contributed by atoms with Gasteiger partial charge in [0.1, 0.15) is 0 Å². The van der Waals surface area contributed by atoms with Gasteiger partial charge in [-0.05, 0) is 36.2 Å². The van der Waals surface area contributed by atoms with E-state index in [-0.39, 0.29) is 12.0 Å². The second-order valence-corrected chi connectivity index (χ2v) is 4.65. The molecule has 0 amide bonds. The van der Waals surface area contributed by atoms with Crippen LogP contribution in [0.1, 0.15) is 11.6 Å². The SMILES string of the molecule is CN1CC(C(=O)O)C1c1ccc2[nH]ccc2c1. The lowest BCUT2D eigenvalue weighted by Gasteiger charge is -2.43. The number of carboxylic acids is 1. The van der Waals surface area contributed by atoms with Crippen molar-refractivity contribution in [2.24, 2.45) is 5.92 Å². The van der Waals surface area contributed by atoms with Gasteiger partial charge in [-0.3, -0.25) is 9.69 Å². The predicted molar refractivity (Wildman–Crippen MR) is 64.8 cm³/mol. The molecule has 0 bridgehead atoms. The molecule has 2 N–H and O–H groups in total. The number of fused-ring (bicyclic) bond motifs is 1. The number of H-pyrrole nitrogens is 1. The molecule has 1 aliphatic heterocycles. The van der Waals surface area contributed by atoms with Gasteiger partial charge in [-0.25, -0.2) is 0 Å². The molecule has 0 spiro atoms. The Morgan fingerprint density at radius 2 is 2.29 bits per heavy atom. The maximum Gasteiger partial charge on any atom is 0.309 e. The van der Waals surface area contributed by atoms with E-state index in [0.717, 1.165) is 16.5 Å². The number of likely N-dealkylation sites (tertiary alicyclic amines) is 1. The first kappa shape index (κ1) is 10.4. The summed E-state index contributed by atoms with van der Waals surface area (Å²) in [5, 5.41) is 10.3. The quantitative estimate of drug-likeness (QED) is 0.827. The van der Waals surface area contributed by atoms with Gasteiger partial charge in [0, 0.05) is 24.3 Å². The van der Waals surface area contributed by atoms with Crippen LogP contribution in [-0.2, 0) is 4.79 Å². The third kappa shape index (κ3) is 1.52. The number of hydrogen-bond donors (Lipinski definition) is 2. The van der Waals surface area contributed by atoms with E-state index in [1.165, 1.54) is 0 Å². The van der Waals surface area contributed by atoms with E-state index in [0.29, 0.717) is 6.54 Å². The van der Waals surface area contributed by atoms with Crippen molar-refractivity contribution in [3.8, 4) is 0 Å². The van der Waals surface area contributed by atoms with Crippen LogP contribution in [-0.4, -0.2) is 34.6 Å². The lowest BCUT2D eigenvalue weighted by Crippen LogP contribution is -2.50. The minimum atomic E-state index is -0.706. The molecule has 0 saturated carbocycles. The summed E-state index contributed by atoms with van der Waals surface area (Å²) >= 11 is 0. The van der Waals surface area contributed by atoms with Gasteiger partial charge >= 0.3 is 5.97 Å². The second-order valence-electron chi connectivity index (χ2n) is 4.65. The van der Waals surface area contributed by atoms with Crippen molar-refractivity contribution in [2.75, 3.05) is 13.6 Å². The summed E-state index contributed by atoms with van der Waals surface area (Å²) in [5.41, 5.74) is 2.17. The van der Waals surface area contributed by atoms with Crippen LogP contribution in [0.15, 0.2) is 30.5 Å². The Kier molecular flexibility index (Phi) is 2.19. The Bertz CT molecular complexity index is 576. The van der Waals surface area contributed by atoms with Gasteiger partial charge in [0.15, 0.2) is 0 Å². The number of nitrogens with zero attached hydrogens (tertiary/aromatic N) is 1. The summed E-state index contributed by atoms with van der Waals surface area (Å²) in [6.07, 6.45) is 1.90. The van der Waals surface area contributed by atoms with Crippen molar-refractivity contribution in [3.63, 3.8) is 0 Å². The molecule has 2 unspecified atom stereocenters. The number of aromatic nitrogens is 1. The zero-order valence-electron chi connectivity index (χ0n) is 9.55. The molecular formula is C13H14N2O2. The average Bonchev–Trinajstić information content (AvgIpc) is 2.72. The third-order valence-corrected chi connectivity index (χ3v) is 3.58. The Labute approximate surface area is 98.9 Å². The molecule has 1 aromatic heterocycles. The molecule has 2 aromatic rings. The highest BCUT2D eigenvalue weighted by atomic mass is 16.4. The first-order valence-corrected chi connectivity index (χ1v) is 5.67. The molecule has 2 atom stereocenters. The van der Waals surface area contributed by atoms with E-state index in [1.54, 1.807) is 0 Å². The van der Waals surface area contributed by atoms with Gasteiger partial charge in [-0.1, -0.05) is 6.07 Å². The Balaban J connectivity index is 1.99. The monoisotopic (exact) mass is 230 g/mol. The van der Waals surface area contributed by atoms with E-state index in [9.17, 15) is 4.79 Å². The van der Waals surface area contributed by atoms with Crippen molar-refractivity contribution >= 4 is 16.9 Å². The number of aliphatic carboxylic acids is 1. The molecule has 0 radical (unpaired) electrons. The molecule has 1 saturated heterocycles. The van der Waals surface area contributed by atoms with Gasteiger partial charge in [-0.15, -0.1) is 0 Å². The fourth-order valence-electron chi connectivity index (χ4n) is 2.65. The van der Waals surface area contributed by atoms with Gasteiger partial charge < -0.3 is 10.1 Å². The smallest absolute Gasteiger partial charge is 0.309 e. The minimum absolute atomic E-state index is 0.00630. The van der Waals surface area contributed by atoms with Crippen LogP contribution in [0.2, 0.25) is 0 Å². The van der Waals surface area contributed by atoms with Crippen LogP contribution in [0.4, 0.5) is 0 Å². The minimum Gasteiger partial charge on any atom is -0.481 e. The van der Waals surface area contributed by atoms with E-state index < -0.39 is 5.97 Å². The number of nitrogens with one attached hydrogen (secondary N) is 1. The highest BCUT2D eigenvalue weighted by molar-refractivity contribution is 5.80. The summed E-state index contributed by atoms with van der Waals surface area (Å²) in [6.45, 7) is 0.630. The molecule has 1 aliphatic rings. The van der Waals surface area contributed by atoms with Crippen LogP contribution < -0.4 is 0 Å². The highest BCUT2D eigenvalue weighted by Crippen LogP contribution is 2.38. The number of hydrogen-bond acceptors (Lipinski definition) is 2. The molecule has 4 heteroatoms. The van der Waals surface area contributed by atoms with E-state index in [2.05, 4.69) is 16.0 Å². The van der Waals surface area contributed by atoms with Crippen molar-refractivity contribution in [1.29, 1.82) is 0 Å². The number of carboxylic acid groups (broad SMARTS) is 1. The van der Waals surface area contributed by atoms with Gasteiger partial charge in [-0.2, -0.15) is 0 Å². The molecule has 17 heavy (non-hydrogen) atoms. The molecule has 88 valence electrons. The largest absolute Gasteiger partial charge is 0.481 e. The normalized spacial score (nSPS) is 24.8. The average molecular weight is 230 g/mol. The van der Waals surface area contributed by atoms with E-state index >= 15 is 0 Å². The molecule has 3 rings (SSSR count). The number of benzene rings is 1. The Morgan fingerprint density at radius 3 is 3.00 bits per heavy atom. The van der Waals surface area contributed by atoms with Crippen LogP contribution in [0.3, 0.4) is 0 Å². The van der Waals surface area contributed by atoms with E-state index in [4.69, 9.17) is 5.11 Å². The zero-order valence-corrected chi connectivity index (χ0v) is 9.55. The van der Waals surface area contributed by atoms with Crippen molar-refractivity contribution in [1.82, 2.24) is 9.88 Å². The van der Waals surface area contributed by atoms with Crippen LogP contribution in [0, 0.1) is 5.92 Å². The van der Waals surface area contributed by atoms with Crippen LogP contribution in [0.5, 0.6) is 0 Å². The van der Waals surface area contributed by atoms with Crippen LogP contribution in [0.25, 0.3) is 10.9 Å². The number of rotatable bonds is 2. The summed E-state index contributed by atoms with van der Waals surface area (Å²) in [6, 6.07) is 8.10. The molecule has 0 aliphatic carbocycles. The summed E-state index contributed by atoms with van der Waals surface area (Å²) in [7, 11) is 1.96. The highest BCUT2D eigenvalue weighted by Gasteiger charge is 2.42. The van der Waals surface area contributed by atoms with Crippen molar-refractivity contribution in [3.05, 3.63) is 36.0 Å². The lowest BCUT2D eigenvalue weighted by molar-refractivity contribution is -0.151. The zero-order chi connectivity index (χ0) is 12.0. The third-order valence-electron chi connectivity index (χ3n) is 3.58. The maximum absolute atomic E-state index is 11.1. The Morgan fingerprint density at radius 1 is 1.47 bits per heavy atom. The molecule has 1 aromatic carbocycles. The Hall–Kier alpha value is -1.81. The summed E-state index contributed by atoms with van der Waals surface area (Å²) in [5.74, 6) is -0.987. The van der Waals surface area contributed by atoms with Gasteiger partial charge in [0.2, 0.25) is 0 Å². The fraction of sp³-hybridized carbons (Fsp3) is 0.308. The summed E-state index contributed by atoms with van der Waals surface area (Å²) < 4.78 is 0. The number of carbonyl (C=O) groups is 1. The fourth-order valence-corrected chi connectivity index (χ4v) is 2.65. The topological polar surface area (TPSA) is 56.3 Å². The maximum atomic E-state index is 11.1. The molecule has 4 nitrogen and oxygen atoms in total. The van der Waals surface area contributed by atoms with Crippen molar-refractivity contribution < 1.29 is 9.90 Å². The molecule has 1 fully saturated rings. The second kappa shape index (κ2) is 3.60. The summed E-state index contributed by atoms with van der Waals surface area (Å²) in [4.78, 5) is 16.3. The lowest BCUT2D eigenvalue weighted by atomic mass is 9.84. The standard InChI is InChI=1S/C13H14N2O2/c1-15-7-10(13(16)17)12(15)9-2-3-11-8(6-9)4-5-14-11/h2-6,10,12,14H,7H2,1H3,(H,16,17). The van der Waals surface area contributed by atoms with Crippen molar-refractivity contribution in [2.45, 2.75) is 6.04 Å². The molecule has 2 heterocycles. The van der Waals surface area contributed by atoms with Gasteiger partial charge in [0.05, 0.1) is 5.92 Å². The molecular weight excluding hydrogens is 216 g/mol. The van der Waals surface area contributed by atoms with Gasteiger partial charge in [0.25, 0.3) is 0 Å². The van der Waals surface area contributed by atoms with Crippen LogP contribution >= 0.6 is 0 Å². The van der Waals surface area contributed by atoms with E-state index in [1.807, 2.05) is 31.4 Å². The first-order chi connectivity index (χ1) is 8.16. The first-order valence-electron chi connectivity index (χ1n) is 5.67. The number of aromatic amines is 1.